The van der Waals surface area contributed by atoms with Crippen molar-refractivity contribution in [2.24, 2.45) is 0 Å². The van der Waals surface area contributed by atoms with E-state index in [9.17, 15) is 8.78 Å². The number of aromatic nitrogens is 5. The molecule has 31 heavy (non-hydrogen) atoms. The number of anilines is 1. The minimum atomic E-state index is -3.16. The molecular formula is C21H26ClF2N7. The molecule has 0 aliphatic carbocycles. The van der Waals surface area contributed by atoms with Crippen molar-refractivity contribution in [2.45, 2.75) is 45.1 Å². The molecule has 10 heteroatoms. The highest BCUT2D eigenvalue weighted by Crippen LogP contribution is 2.32. The van der Waals surface area contributed by atoms with Crippen molar-refractivity contribution in [1.82, 2.24) is 29.6 Å². The van der Waals surface area contributed by atoms with Crippen LogP contribution in [0.5, 0.6) is 0 Å². The van der Waals surface area contributed by atoms with Gasteiger partial charge in [0.2, 0.25) is 5.82 Å². The number of pyridine rings is 1. The third-order valence-corrected chi connectivity index (χ3v) is 5.88. The van der Waals surface area contributed by atoms with Crippen molar-refractivity contribution in [1.29, 1.82) is 0 Å². The fourth-order valence-electron chi connectivity index (χ4n) is 3.92. The molecule has 1 aliphatic rings. The quantitative estimate of drug-likeness (QED) is 0.547. The summed E-state index contributed by atoms with van der Waals surface area (Å²) in [5.74, 6) is -2.62. The number of aryl methyl sites for hydroxylation is 1. The van der Waals surface area contributed by atoms with Crippen LogP contribution >= 0.6 is 11.6 Å². The molecule has 7 nitrogen and oxygen atoms in total. The number of alkyl halides is 2. The Kier molecular flexibility index (Phi) is 5.83. The van der Waals surface area contributed by atoms with Crippen LogP contribution in [-0.4, -0.2) is 62.9 Å². The van der Waals surface area contributed by atoms with Gasteiger partial charge in [0.05, 0.1) is 10.9 Å². The fraction of sp³-hybridized carbons (Fsp3) is 0.524. The average Bonchev–Trinajstić information content (AvgIpc) is 3.11. The van der Waals surface area contributed by atoms with Gasteiger partial charge in [-0.3, -0.25) is 0 Å². The monoisotopic (exact) mass is 449 g/mol. The highest BCUT2D eigenvalue weighted by Gasteiger charge is 2.30. The molecular weight excluding hydrogens is 424 g/mol. The Morgan fingerprint density at radius 3 is 2.71 bits per heavy atom. The van der Waals surface area contributed by atoms with Gasteiger partial charge in [0.15, 0.2) is 11.6 Å². The van der Waals surface area contributed by atoms with Gasteiger partial charge >= 0.3 is 5.92 Å². The van der Waals surface area contributed by atoms with E-state index in [2.05, 4.69) is 38.8 Å². The lowest BCUT2D eigenvalue weighted by molar-refractivity contribution is 0.00742. The Bertz CT molecular complexity index is 1090. The maximum Gasteiger partial charge on any atom is 0.303 e. The fourth-order valence-corrected chi connectivity index (χ4v) is 4.07. The zero-order chi connectivity index (χ0) is 22.3. The van der Waals surface area contributed by atoms with E-state index in [1.165, 1.54) is 0 Å². The molecule has 0 spiro atoms. The van der Waals surface area contributed by atoms with Crippen LogP contribution < -0.4 is 4.90 Å². The Hall–Kier alpha value is -2.39. The van der Waals surface area contributed by atoms with Crippen molar-refractivity contribution < 1.29 is 8.78 Å². The first-order valence-electron chi connectivity index (χ1n) is 10.4. The first-order valence-corrected chi connectivity index (χ1v) is 10.8. The van der Waals surface area contributed by atoms with E-state index in [1.807, 2.05) is 6.92 Å². The summed E-state index contributed by atoms with van der Waals surface area (Å²) in [7, 11) is 4.15. The summed E-state index contributed by atoms with van der Waals surface area (Å²) in [5, 5.41) is 5.92. The highest BCUT2D eigenvalue weighted by molar-refractivity contribution is 6.30. The molecule has 3 aromatic heterocycles. The summed E-state index contributed by atoms with van der Waals surface area (Å²) in [6, 6.07) is 3.79. The molecule has 1 atom stereocenters. The topological polar surface area (TPSA) is 63.0 Å². The molecule has 0 saturated carbocycles. The van der Waals surface area contributed by atoms with E-state index in [0.717, 1.165) is 44.1 Å². The first kappa shape index (κ1) is 21.8. The molecule has 1 saturated heterocycles. The third-order valence-electron chi connectivity index (χ3n) is 5.68. The van der Waals surface area contributed by atoms with Crippen LogP contribution in [0.25, 0.3) is 16.7 Å². The molecule has 3 aromatic rings. The molecule has 4 heterocycles. The maximum atomic E-state index is 14.1. The lowest BCUT2D eigenvalue weighted by atomic mass is 10.0. The van der Waals surface area contributed by atoms with Gasteiger partial charge < -0.3 is 9.80 Å². The van der Waals surface area contributed by atoms with Crippen LogP contribution in [0.15, 0.2) is 18.3 Å². The largest absolute Gasteiger partial charge is 0.353 e. The second kappa shape index (κ2) is 8.27. The van der Waals surface area contributed by atoms with Crippen LogP contribution in [0.2, 0.25) is 5.15 Å². The van der Waals surface area contributed by atoms with E-state index in [4.69, 9.17) is 16.7 Å². The smallest absolute Gasteiger partial charge is 0.303 e. The molecule has 166 valence electrons. The van der Waals surface area contributed by atoms with Gasteiger partial charge in [-0.15, -0.1) is 5.10 Å². The predicted octanol–water partition coefficient (Wildman–Crippen LogP) is 4.07. The Labute approximate surface area is 185 Å². The summed E-state index contributed by atoms with van der Waals surface area (Å²) in [5.41, 5.74) is 1.20. The maximum absolute atomic E-state index is 14.1. The SMILES string of the molecule is CCc1cc(-n2nc(N3CCCC(N(C)C)C3)c3cnc(Cl)cc32)nc(C(C)(F)F)n1. The number of likely N-dealkylation sites (N-methyl/N-ethyl adjacent to an activating group) is 1. The molecule has 0 amide bonds. The van der Waals surface area contributed by atoms with Gasteiger partial charge in [0, 0.05) is 50.1 Å². The minimum absolute atomic E-state index is 0.295. The highest BCUT2D eigenvalue weighted by atomic mass is 35.5. The predicted molar refractivity (Wildman–Crippen MR) is 117 cm³/mol. The van der Waals surface area contributed by atoms with Crippen molar-refractivity contribution >= 4 is 28.3 Å². The zero-order valence-corrected chi connectivity index (χ0v) is 18.9. The molecule has 0 aromatic carbocycles. The number of hydrogen-bond acceptors (Lipinski definition) is 6. The Balaban J connectivity index is 1.87. The second-order valence-corrected chi connectivity index (χ2v) is 8.64. The molecule has 1 aliphatic heterocycles. The summed E-state index contributed by atoms with van der Waals surface area (Å²) < 4.78 is 29.7. The number of halogens is 3. The van der Waals surface area contributed by atoms with E-state index < -0.39 is 11.7 Å². The molecule has 0 bridgehead atoms. The van der Waals surface area contributed by atoms with Crippen molar-refractivity contribution in [2.75, 3.05) is 32.1 Å². The van der Waals surface area contributed by atoms with Gasteiger partial charge in [-0.1, -0.05) is 18.5 Å². The van der Waals surface area contributed by atoms with Gasteiger partial charge in [-0.25, -0.2) is 19.6 Å². The molecule has 1 unspecified atom stereocenters. The van der Waals surface area contributed by atoms with Gasteiger partial charge in [-0.2, -0.15) is 8.78 Å². The lowest BCUT2D eigenvalue weighted by Crippen LogP contribution is -2.45. The van der Waals surface area contributed by atoms with Crippen LogP contribution in [-0.2, 0) is 12.3 Å². The van der Waals surface area contributed by atoms with Gasteiger partial charge in [0.25, 0.3) is 0 Å². The van der Waals surface area contributed by atoms with E-state index in [-0.39, 0.29) is 0 Å². The Morgan fingerprint density at radius 2 is 2.03 bits per heavy atom. The number of nitrogens with zero attached hydrogens (tertiary/aromatic N) is 7. The second-order valence-electron chi connectivity index (χ2n) is 8.25. The van der Waals surface area contributed by atoms with Gasteiger partial charge in [0.1, 0.15) is 5.15 Å². The van der Waals surface area contributed by atoms with Crippen molar-refractivity contribution in [3.05, 3.63) is 35.0 Å². The van der Waals surface area contributed by atoms with Crippen molar-refractivity contribution in [3.8, 4) is 5.82 Å². The van der Waals surface area contributed by atoms with Gasteiger partial charge in [-0.05, 0) is 33.4 Å². The minimum Gasteiger partial charge on any atom is -0.353 e. The summed E-state index contributed by atoms with van der Waals surface area (Å²) >= 11 is 6.18. The van der Waals surface area contributed by atoms with E-state index in [0.29, 0.717) is 34.6 Å². The van der Waals surface area contributed by atoms with Crippen LogP contribution in [0, 0.1) is 0 Å². The number of hydrogen-bond donors (Lipinski definition) is 0. The number of fused-ring (bicyclic) bond motifs is 1. The number of rotatable bonds is 5. The zero-order valence-electron chi connectivity index (χ0n) is 18.1. The third kappa shape index (κ3) is 4.34. The van der Waals surface area contributed by atoms with Crippen LogP contribution in [0.3, 0.4) is 0 Å². The lowest BCUT2D eigenvalue weighted by Gasteiger charge is -2.36. The van der Waals surface area contributed by atoms with Crippen molar-refractivity contribution in [3.63, 3.8) is 0 Å². The summed E-state index contributed by atoms with van der Waals surface area (Å²) in [6.07, 6.45) is 4.35. The molecule has 4 rings (SSSR count). The molecule has 0 radical (unpaired) electrons. The first-order chi connectivity index (χ1) is 14.7. The number of piperidine rings is 1. The van der Waals surface area contributed by atoms with Crippen LogP contribution in [0.1, 0.15) is 38.2 Å². The standard InChI is InChI=1S/C21H26ClF2N7/c1-5-13-9-18(27-20(26-13)21(2,23)24)31-16-10-17(22)25-11-15(16)19(28-31)30-8-6-7-14(12-30)29(3)4/h9-11,14H,5-8,12H2,1-4H3. The Morgan fingerprint density at radius 1 is 1.26 bits per heavy atom. The van der Waals surface area contributed by atoms with Crippen LogP contribution in [0.4, 0.5) is 14.6 Å². The van der Waals surface area contributed by atoms with E-state index >= 15 is 0 Å². The average molecular weight is 450 g/mol. The molecule has 0 N–H and O–H groups in total. The van der Waals surface area contributed by atoms with E-state index in [1.54, 1.807) is 23.0 Å². The summed E-state index contributed by atoms with van der Waals surface area (Å²) in [6.45, 7) is 4.35. The normalized spacial score (nSPS) is 17.7. The summed E-state index contributed by atoms with van der Waals surface area (Å²) in [4.78, 5) is 16.8. The molecule has 1 fully saturated rings.